The number of nitrogens with one attached hydrogen (secondary N) is 1. The quantitative estimate of drug-likeness (QED) is 0.563. The van der Waals surface area contributed by atoms with Gasteiger partial charge in [-0.05, 0) is 5.41 Å². The minimum absolute atomic E-state index is 0.0109. The zero-order valence-corrected chi connectivity index (χ0v) is 8.67. The molecule has 0 aliphatic rings. The maximum atomic E-state index is 11.2. The minimum Gasteiger partial charge on any atom is -0.481 e. The molecular weight excluding hydrogens is 184 g/mol. The molecule has 0 aromatic carbocycles. The summed E-state index contributed by atoms with van der Waals surface area (Å²) in [5.41, 5.74) is 4.70. The smallest absolute Gasteiger partial charge is 0.303 e. The lowest BCUT2D eigenvalue weighted by atomic mass is 9.85. The topological polar surface area (TPSA) is 92.4 Å². The van der Waals surface area contributed by atoms with Crippen LogP contribution in [-0.4, -0.2) is 30.1 Å². The third-order valence-electron chi connectivity index (χ3n) is 1.74. The van der Waals surface area contributed by atoms with Crippen LogP contribution in [0, 0.1) is 5.41 Å². The molecule has 0 heterocycles. The van der Waals surface area contributed by atoms with E-state index in [1.807, 2.05) is 0 Å². The fraction of sp³-hybridized carbons (Fsp3) is 0.778. The van der Waals surface area contributed by atoms with Crippen LogP contribution in [-0.2, 0) is 9.59 Å². The summed E-state index contributed by atoms with van der Waals surface area (Å²) in [5.74, 6) is -1.04. The van der Waals surface area contributed by atoms with Gasteiger partial charge in [0.2, 0.25) is 5.91 Å². The lowest BCUT2D eigenvalue weighted by Crippen LogP contribution is -2.33. The number of carbonyl (C=O) groups is 2. The van der Waals surface area contributed by atoms with Gasteiger partial charge in [-0.2, -0.15) is 0 Å². The van der Waals surface area contributed by atoms with E-state index in [0.29, 0.717) is 13.1 Å². The van der Waals surface area contributed by atoms with E-state index in [9.17, 15) is 9.59 Å². The number of carboxylic acid groups (broad SMARTS) is 1. The first kappa shape index (κ1) is 12.9. The van der Waals surface area contributed by atoms with E-state index in [-0.39, 0.29) is 18.7 Å². The molecule has 0 spiro atoms. The van der Waals surface area contributed by atoms with Crippen LogP contribution in [0.15, 0.2) is 0 Å². The Morgan fingerprint density at radius 3 is 2.36 bits per heavy atom. The fourth-order valence-corrected chi connectivity index (χ4v) is 1.18. The van der Waals surface area contributed by atoms with E-state index < -0.39 is 11.4 Å². The predicted molar refractivity (Wildman–Crippen MR) is 52.7 cm³/mol. The lowest BCUT2D eigenvalue weighted by molar-refractivity contribution is -0.139. The van der Waals surface area contributed by atoms with Crippen LogP contribution in [0.3, 0.4) is 0 Å². The van der Waals surface area contributed by atoms with Gasteiger partial charge in [-0.1, -0.05) is 13.8 Å². The van der Waals surface area contributed by atoms with Gasteiger partial charge in [-0.25, -0.2) is 0 Å². The monoisotopic (exact) mass is 202 g/mol. The van der Waals surface area contributed by atoms with E-state index in [2.05, 4.69) is 5.32 Å². The maximum absolute atomic E-state index is 11.2. The molecule has 0 aromatic rings. The molecule has 14 heavy (non-hydrogen) atoms. The number of hydrogen-bond donors (Lipinski definition) is 3. The zero-order valence-electron chi connectivity index (χ0n) is 8.67. The lowest BCUT2D eigenvalue weighted by Gasteiger charge is -2.21. The van der Waals surface area contributed by atoms with E-state index in [1.165, 1.54) is 0 Å². The van der Waals surface area contributed by atoms with Crippen molar-refractivity contribution in [3.8, 4) is 0 Å². The van der Waals surface area contributed by atoms with Gasteiger partial charge in [0.05, 0.1) is 6.42 Å². The SMILES string of the molecule is CC(C)(CC(=O)O)CC(=O)NCCN. The van der Waals surface area contributed by atoms with Crippen molar-refractivity contribution in [3.63, 3.8) is 0 Å². The summed E-state index contributed by atoms with van der Waals surface area (Å²) in [4.78, 5) is 21.7. The first-order valence-corrected chi connectivity index (χ1v) is 4.56. The molecule has 0 saturated heterocycles. The second kappa shape index (κ2) is 5.59. The number of carbonyl (C=O) groups excluding carboxylic acids is 1. The molecule has 0 unspecified atom stereocenters. The van der Waals surface area contributed by atoms with Gasteiger partial charge in [-0.15, -0.1) is 0 Å². The summed E-state index contributed by atoms with van der Waals surface area (Å²) < 4.78 is 0. The summed E-state index contributed by atoms with van der Waals surface area (Å²) in [7, 11) is 0. The third-order valence-corrected chi connectivity index (χ3v) is 1.74. The first-order valence-electron chi connectivity index (χ1n) is 4.56. The zero-order chi connectivity index (χ0) is 11.2. The molecule has 0 rings (SSSR count). The van der Waals surface area contributed by atoms with Crippen LogP contribution in [0.4, 0.5) is 0 Å². The molecule has 0 fully saturated rings. The molecular formula is C9H18N2O3. The van der Waals surface area contributed by atoms with Gasteiger partial charge < -0.3 is 16.2 Å². The Kier molecular flexibility index (Phi) is 5.15. The van der Waals surface area contributed by atoms with Crippen molar-refractivity contribution in [2.75, 3.05) is 13.1 Å². The molecule has 5 nitrogen and oxygen atoms in total. The fourth-order valence-electron chi connectivity index (χ4n) is 1.18. The average molecular weight is 202 g/mol. The van der Waals surface area contributed by atoms with Crippen molar-refractivity contribution in [2.24, 2.45) is 11.1 Å². The van der Waals surface area contributed by atoms with Crippen molar-refractivity contribution < 1.29 is 14.7 Å². The van der Waals surface area contributed by atoms with Gasteiger partial charge in [0.15, 0.2) is 0 Å². The van der Waals surface area contributed by atoms with Crippen molar-refractivity contribution in [1.82, 2.24) is 5.32 Å². The Hall–Kier alpha value is -1.10. The van der Waals surface area contributed by atoms with Gasteiger partial charge in [0.1, 0.15) is 0 Å². The van der Waals surface area contributed by atoms with Crippen LogP contribution in [0.1, 0.15) is 26.7 Å². The van der Waals surface area contributed by atoms with E-state index in [0.717, 1.165) is 0 Å². The Bertz CT molecular complexity index is 214. The summed E-state index contributed by atoms with van der Waals surface area (Å²) >= 11 is 0. The van der Waals surface area contributed by atoms with Crippen molar-refractivity contribution in [2.45, 2.75) is 26.7 Å². The maximum Gasteiger partial charge on any atom is 0.303 e. The highest BCUT2D eigenvalue weighted by Crippen LogP contribution is 2.24. The third kappa shape index (κ3) is 6.42. The largest absolute Gasteiger partial charge is 0.481 e. The number of amides is 1. The second-order valence-electron chi connectivity index (χ2n) is 4.05. The van der Waals surface area contributed by atoms with Gasteiger partial charge in [-0.3, -0.25) is 9.59 Å². The average Bonchev–Trinajstić information content (AvgIpc) is 1.96. The number of nitrogens with two attached hydrogens (primary N) is 1. The van der Waals surface area contributed by atoms with Gasteiger partial charge in [0.25, 0.3) is 0 Å². The standard InChI is InChI=1S/C9H18N2O3/c1-9(2,6-8(13)14)5-7(12)11-4-3-10/h3-6,10H2,1-2H3,(H,11,12)(H,13,14). The summed E-state index contributed by atoms with van der Waals surface area (Å²) in [6.45, 7) is 4.33. The molecule has 0 aliphatic carbocycles. The van der Waals surface area contributed by atoms with E-state index >= 15 is 0 Å². The molecule has 5 heteroatoms. The van der Waals surface area contributed by atoms with Crippen LogP contribution in [0.2, 0.25) is 0 Å². The highest BCUT2D eigenvalue weighted by atomic mass is 16.4. The number of carboxylic acids is 1. The molecule has 82 valence electrons. The molecule has 0 radical (unpaired) electrons. The van der Waals surface area contributed by atoms with Crippen molar-refractivity contribution in [3.05, 3.63) is 0 Å². The van der Waals surface area contributed by atoms with Gasteiger partial charge in [0, 0.05) is 19.5 Å². The number of aliphatic carboxylic acids is 1. The molecule has 0 aromatic heterocycles. The molecule has 1 amide bonds. The highest BCUT2D eigenvalue weighted by molar-refractivity contribution is 5.77. The minimum atomic E-state index is -0.887. The van der Waals surface area contributed by atoms with Crippen molar-refractivity contribution in [1.29, 1.82) is 0 Å². The van der Waals surface area contributed by atoms with E-state index in [4.69, 9.17) is 10.8 Å². The van der Waals surface area contributed by atoms with Crippen LogP contribution in [0.5, 0.6) is 0 Å². The Morgan fingerprint density at radius 2 is 1.93 bits per heavy atom. The van der Waals surface area contributed by atoms with Gasteiger partial charge >= 0.3 is 5.97 Å². The predicted octanol–water partition coefficient (Wildman–Crippen LogP) is -0.0477. The summed E-state index contributed by atoms with van der Waals surface area (Å²) in [6, 6.07) is 0. The molecule has 4 N–H and O–H groups in total. The second-order valence-corrected chi connectivity index (χ2v) is 4.05. The first-order chi connectivity index (χ1) is 6.37. The van der Waals surface area contributed by atoms with Crippen LogP contribution < -0.4 is 11.1 Å². The highest BCUT2D eigenvalue weighted by Gasteiger charge is 2.24. The Balaban J connectivity index is 3.95. The van der Waals surface area contributed by atoms with Crippen molar-refractivity contribution >= 4 is 11.9 Å². The van der Waals surface area contributed by atoms with Crippen LogP contribution in [0.25, 0.3) is 0 Å². The normalized spacial score (nSPS) is 11.1. The summed E-state index contributed by atoms with van der Waals surface area (Å²) in [6.07, 6.45) is 0.197. The Labute approximate surface area is 83.7 Å². The Morgan fingerprint density at radius 1 is 1.36 bits per heavy atom. The molecule has 0 aliphatic heterocycles. The molecule has 0 bridgehead atoms. The molecule has 0 saturated carbocycles. The van der Waals surface area contributed by atoms with Crippen LogP contribution >= 0.6 is 0 Å². The molecule has 0 atom stereocenters. The number of rotatable bonds is 6. The number of hydrogen-bond acceptors (Lipinski definition) is 3. The van der Waals surface area contributed by atoms with E-state index in [1.54, 1.807) is 13.8 Å². The summed E-state index contributed by atoms with van der Waals surface area (Å²) in [5, 5.41) is 11.2.